The topological polar surface area (TPSA) is 56.8 Å². The van der Waals surface area contributed by atoms with Gasteiger partial charge in [-0.3, -0.25) is 4.79 Å². The lowest BCUT2D eigenvalue weighted by atomic mass is 10.1. The fraction of sp³-hybridized carbons (Fsp3) is 0.353. The SMILES string of the molecule is COc1cc(OC)c(OC)cc1CNC(=O)c1cc(C)sc1C. The number of carbonyl (C=O) groups is 1. The molecule has 0 aliphatic carbocycles. The van der Waals surface area contributed by atoms with Crippen LogP contribution in [-0.4, -0.2) is 27.2 Å². The van der Waals surface area contributed by atoms with Crippen LogP contribution in [0.25, 0.3) is 0 Å². The number of aryl methyl sites for hydroxylation is 2. The van der Waals surface area contributed by atoms with Crippen molar-refractivity contribution in [1.29, 1.82) is 0 Å². The highest BCUT2D eigenvalue weighted by molar-refractivity contribution is 7.12. The number of thiophene rings is 1. The number of carbonyl (C=O) groups excluding carboxylic acids is 1. The van der Waals surface area contributed by atoms with Crippen LogP contribution in [0.4, 0.5) is 0 Å². The second kappa shape index (κ2) is 7.37. The van der Waals surface area contributed by atoms with Gasteiger partial charge in [-0.1, -0.05) is 0 Å². The number of ether oxygens (including phenoxy) is 3. The molecule has 1 aromatic heterocycles. The Labute approximate surface area is 140 Å². The Morgan fingerprint density at radius 3 is 2.13 bits per heavy atom. The Hall–Kier alpha value is -2.21. The molecule has 6 heteroatoms. The molecule has 0 aliphatic heterocycles. The van der Waals surface area contributed by atoms with Crippen molar-refractivity contribution < 1.29 is 19.0 Å². The van der Waals surface area contributed by atoms with E-state index in [1.807, 2.05) is 26.0 Å². The zero-order chi connectivity index (χ0) is 17.0. The summed E-state index contributed by atoms with van der Waals surface area (Å²) >= 11 is 1.62. The van der Waals surface area contributed by atoms with E-state index in [-0.39, 0.29) is 5.91 Å². The number of amides is 1. The highest BCUT2D eigenvalue weighted by Gasteiger charge is 2.15. The van der Waals surface area contributed by atoms with Crippen molar-refractivity contribution in [2.75, 3.05) is 21.3 Å². The van der Waals surface area contributed by atoms with E-state index >= 15 is 0 Å². The molecule has 0 fully saturated rings. The number of rotatable bonds is 6. The highest BCUT2D eigenvalue weighted by Crippen LogP contribution is 2.34. The number of nitrogens with one attached hydrogen (secondary N) is 1. The second-order valence-corrected chi connectivity index (χ2v) is 6.49. The van der Waals surface area contributed by atoms with Crippen LogP contribution in [-0.2, 0) is 6.54 Å². The van der Waals surface area contributed by atoms with Crippen molar-refractivity contribution in [1.82, 2.24) is 5.32 Å². The average Bonchev–Trinajstić information content (AvgIpc) is 2.90. The minimum absolute atomic E-state index is 0.0938. The summed E-state index contributed by atoms with van der Waals surface area (Å²) in [5, 5.41) is 2.92. The van der Waals surface area contributed by atoms with Crippen molar-refractivity contribution in [3.63, 3.8) is 0 Å². The van der Waals surface area contributed by atoms with Gasteiger partial charge in [0.15, 0.2) is 11.5 Å². The van der Waals surface area contributed by atoms with Crippen molar-refractivity contribution >= 4 is 17.2 Å². The quantitative estimate of drug-likeness (QED) is 0.880. The van der Waals surface area contributed by atoms with Gasteiger partial charge < -0.3 is 19.5 Å². The summed E-state index contributed by atoms with van der Waals surface area (Å²) < 4.78 is 15.9. The van der Waals surface area contributed by atoms with Crippen LogP contribution in [0.15, 0.2) is 18.2 Å². The summed E-state index contributed by atoms with van der Waals surface area (Å²) in [6.07, 6.45) is 0. The Morgan fingerprint density at radius 2 is 1.61 bits per heavy atom. The average molecular weight is 335 g/mol. The zero-order valence-corrected chi connectivity index (χ0v) is 14.8. The molecule has 0 spiro atoms. The fourth-order valence-corrected chi connectivity index (χ4v) is 3.28. The maximum atomic E-state index is 12.3. The maximum absolute atomic E-state index is 12.3. The monoisotopic (exact) mass is 335 g/mol. The lowest BCUT2D eigenvalue weighted by Gasteiger charge is -2.14. The molecule has 1 aromatic carbocycles. The van der Waals surface area contributed by atoms with E-state index in [0.717, 1.165) is 15.3 Å². The predicted molar refractivity (Wildman–Crippen MR) is 91.1 cm³/mol. The molecule has 1 N–H and O–H groups in total. The number of hydrogen-bond donors (Lipinski definition) is 1. The van der Waals surface area contributed by atoms with Gasteiger partial charge in [0.1, 0.15) is 5.75 Å². The molecule has 5 nitrogen and oxygen atoms in total. The fourth-order valence-electron chi connectivity index (χ4n) is 2.36. The summed E-state index contributed by atoms with van der Waals surface area (Å²) in [4.78, 5) is 14.5. The van der Waals surface area contributed by atoms with Gasteiger partial charge in [-0.25, -0.2) is 0 Å². The molecular formula is C17H21NO4S. The van der Waals surface area contributed by atoms with Crippen molar-refractivity contribution in [2.24, 2.45) is 0 Å². The van der Waals surface area contributed by atoms with Gasteiger partial charge >= 0.3 is 0 Å². The molecule has 0 radical (unpaired) electrons. The summed E-state index contributed by atoms with van der Waals surface area (Å²) in [6.45, 7) is 4.28. The molecule has 0 bridgehead atoms. The lowest BCUT2D eigenvalue weighted by molar-refractivity contribution is 0.0950. The lowest BCUT2D eigenvalue weighted by Crippen LogP contribution is -2.23. The number of benzene rings is 1. The molecule has 1 amide bonds. The number of methoxy groups -OCH3 is 3. The molecule has 0 unspecified atom stereocenters. The first-order chi connectivity index (χ1) is 11.0. The van der Waals surface area contributed by atoms with Gasteiger partial charge in [-0.2, -0.15) is 0 Å². The molecular weight excluding hydrogens is 314 g/mol. The summed E-state index contributed by atoms with van der Waals surface area (Å²) in [5.74, 6) is 1.73. The van der Waals surface area contributed by atoms with Crippen molar-refractivity contribution in [2.45, 2.75) is 20.4 Å². The van der Waals surface area contributed by atoms with Gasteiger partial charge in [-0.05, 0) is 26.0 Å². The summed E-state index contributed by atoms with van der Waals surface area (Å²) in [5.41, 5.74) is 1.54. The van der Waals surface area contributed by atoms with E-state index in [1.165, 1.54) is 0 Å². The largest absolute Gasteiger partial charge is 0.496 e. The third-order valence-corrected chi connectivity index (χ3v) is 4.48. The Bertz CT molecular complexity index is 709. The molecule has 1 heterocycles. The predicted octanol–water partition coefficient (Wildman–Crippen LogP) is 3.32. The normalized spacial score (nSPS) is 10.3. The Morgan fingerprint density at radius 1 is 1.00 bits per heavy atom. The van der Waals surface area contributed by atoms with E-state index in [0.29, 0.717) is 29.4 Å². The van der Waals surface area contributed by atoms with Gasteiger partial charge in [0.05, 0.1) is 26.9 Å². The van der Waals surface area contributed by atoms with E-state index in [1.54, 1.807) is 38.7 Å². The summed E-state index contributed by atoms with van der Waals surface area (Å²) in [7, 11) is 4.73. The molecule has 0 saturated carbocycles. The van der Waals surface area contributed by atoms with E-state index in [2.05, 4.69) is 5.32 Å². The van der Waals surface area contributed by atoms with Crippen molar-refractivity contribution in [3.05, 3.63) is 39.1 Å². The molecule has 2 rings (SSSR count). The standard InChI is InChI=1S/C17H21NO4S/c1-10-6-13(11(2)23-10)17(19)18-9-12-7-15(21-4)16(22-5)8-14(12)20-3/h6-8H,9H2,1-5H3,(H,18,19). The highest BCUT2D eigenvalue weighted by atomic mass is 32.1. The van der Waals surface area contributed by atoms with E-state index in [9.17, 15) is 4.79 Å². The molecule has 124 valence electrons. The van der Waals surface area contributed by atoms with Crippen LogP contribution in [0, 0.1) is 13.8 Å². The Kier molecular flexibility index (Phi) is 5.50. The molecule has 0 atom stereocenters. The molecule has 23 heavy (non-hydrogen) atoms. The summed E-state index contributed by atoms with van der Waals surface area (Å²) in [6, 6.07) is 5.46. The first kappa shape index (κ1) is 17.1. The third kappa shape index (κ3) is 3.76. The number of hydrogen-bond acceptors (Lipinski definition) is 5. The molecule has 0 aliphatic rings. The Balaban J connectivity index is 2.19. The molecule has 0 saturated heterocycles. The minimum atomic E-state index is -0.0938. The second-order valence-electron chi connectivity index (χ2n) is 5.03. The molecule has 2 aromatic rings. The van der Waals surface area contributed by atoms with Gasteiger partial charge in [0.25, 0.3) is 5.91 Å². The van der Waals surface area contributed by atoms with Crippen LogP contribution in [0.3, 0.4) is 0 Å². The van der Waals surface area contributed by atoms with Crippen LogP contribution < -0.4 is 19.5 Å². The minimum Gasteiger partial charge on any atom is -0.496 e. The van der Waals surface area contributed by atoms with Crippen LogP contribution in [0.2, 0.25) is 0 Å². The van der Waals surface area contributed by atoms with E-state index in [4.69, 9.17) is 14.2 Å². The first-order valence-electron chi connectivity index (χ1n) is 7.14. The van der Waals surface area contributed by atoms with Gasteiger partial charge in [-0.15, -0.1) is 11.3 Å². The zero-order valence-electron chi connectivity index (χ0n) is 14.0. The van der Waals surface area contributed by atoms with Gasteiger partial charge in [0.2, 0.25) is 0 Å². The van der Waals surface area contributed by atoms with Crippen LogP contribution in [0.1, 0.15) is 25.7 Å². The maximum Gasteiger partial charge on any atom is 0.252 e. The van der Waals surface area contributed by atoms with Crippen molar-refractivity contribution in [3.8, 4) is 17.2 Å². The van der Waals surface area contributed by atoms with E-state index < -0.39 is 0 Å². The van der Waals surface area contributed by atoms with Crippen LogP contribution >= 0.6 is 11.3 Å². The smallest absolute Gasteiger partial charge is 0.252 e. The third-order valence-electron chi connectivity index (χ3n) is 3.51. The first-order valence-corrected chi connectivity index (χ1v) is 7.96. The van der Waals surface area contributed by atoms with Crippen LogP contribution in [0.5, 0.6) is 17.2 Å². The van der Waals surface area contributed by atoms with Gasteiger partial charge in [0, 0.05) is 27.9 Å².